The minimum absolute atomic E-state index is 0.701. The minimum atomic E-state index is 0.701. The van der Waals surface area contributed by atoms with Gasteiger partial charge in [0.15, 0.2) is 0 Å². The van der Waals surface area contributed by atoms with Crippen molar-refractivity contribution in [3.05, 3.63) is 67.1 Å². The fourth-order valence-electron chi connectivity index (χ4n) is 2.45. The molecule has 0 spiro atoms. The normalized spacial score (nSPS) is 10.7. The highest BCUT2D eigenvalue weighted by molar-refractivity contribution is 5.90. The Kier molecular flexibility index (Phi) is 3.25. The van der Waals surface area contributed by atoms with Crippen molar-refractivity contribution in [3.63, 3.8) is 0 Å². The van der Waals surface area contributed by atoms with Gasteiger partial charge in [0.05, 0.1) is 19.0 Å². The summed E-state index contributed by atoms with van der Waals surface area (Å²) in [5.74, 6) is 1.66. The van der Waals surface area contributed by atoms with Gasteiger partial charge >= 0.3 is 0 Å². The van der Waals surface area contributed by atoms with Crippen LogP contribution in [0.15, 0.2) is 61.3 Å². The van der Waals surface area contributed by atoms with Crippen molar-refractivity contribution in [3.8, 4) is 11.6 Å². The first-order valence-corrected chi connectivity index (χ1v) is 6.55. The van der Waals surface area contributed by atoms with Crippen molar-refractivity contribution in [2.45, 2.75) is 6.42 Å². The lowest BCUT2D eigenvalue weighted by molar-refractivity contribution is 0.389. The van der Waals surface area contributed by atoms with Gasteiger partial charge in [-0.3, -0.25) is 4.57 Å². The minimum Gasteiger partial charge on any atom is -0.481 e. The molecule has 0 atom stereocenters. The van der Waals surface area contributed by atoms with E-state index < -0.39 is 0 Å². The van der Waals surface area contributed by atoms with Gasteiger partial charge < -0.3 is 4.74 Å². The summed E-state index contributed by atoms with van der Waals surface area (Å²) in [5, 5.41) is 2.38. The molecule has 1 heterocycles. The Morgan fingerprint density at radius 2 is 2.00 bits per heavy atom. The van der Waals surface area contributed by atoms with E-state index in [1.807, 2.05) is 22.8 Å². The first-order chi connectivity index (χ1) is 9.85. The summed E-state index contributed by atoms with van der Waals surface area (Å²) < 4.78 is 7.49. The molecule has 0 saturated heterocycles. The molecule has 100 valence electrons. The van der Waals surface area contributed by atoms with E-state index >= 15 is 0 Å². The Morgan fingerprint density at radius 3 is 2.80 bits per heavy atom. The average molecular weight is 264 g/mol. The highest BCUT2D eigenvalue weighted by Gasteiger charge is 2.13. The molecular weight excluding hydrogens is 248 g/mol. The molecule has 3 rings (SSSR count). The molecule has 3 heteroatoms. The number of ether oxygens (including phenoxy) is 1. The van der Waals surface area contributed by atoms with E-state index in [9.17, 15) is 0 Å². The van der Waals surface area contributed by atoms with E-state index in [4.69, 9.17) is 4.74 Å². The summed E-state index contributed by atoms with van der Waals surface area (Å²) in [5.41, 5.74) is 1.08. The van der Waals surface area contributed by atoms with Crippen LogP contribution in [0.5, 0.6) is 5.88 Å². The van der Waals surface area contributed by atoms with Crippen LogP contribution in [0.2, 0.25) is 0 Å². The zero-order valence-electron chi connectivity index (χ0n) is 11.4. The molecule has 0 aliphatic carbocycles. The van der Waals surface area contributed by atoms with Crippen LogP contribution in [-0.2, 0) is 6.42 Å². The fourth-order valence-corrected chi connectivity index (χ4v) is 2.45. The third kappa shape index (κ3) is 1.97. The van der Waals surface area contributed by atoms with Crippen LogP contribution in [0.3, 0.4) is 0 Å². The molecule has 20 heavy (non-hydrogen) atoms. The highest BCUT2D eigenvalue weighted by atomic mass is 16.5. The molecule has 0 unspecified atom stereocenters. The zero-order chi connectivity index (χ0) is 13.9. The molecule has 0 aliphatic rings. The number of fused-ring (bicyclic) bond motifs is 1. The summed E-state index contributed by atoms with van der Waals surface area (Å²) in [6.45, 7) is 3.79. The van der Waals surface area contributed by atoms with Gasteiger partial charge in [0.2, 0.25) is 5.88 Å². The van der Waals surface area contributed by atoms with Crippen molar-refractivity contribution in [1.29, 1.82) is 0 Å². The van der Waals surface area contributed by atoms with Crippen molar-refractivity contribution in [2.24, 2.45) is 0 Å². The average Bonchev–Trinajstić information content (AvgIpc) is 2.90. The van der Waals surface area contributed by atoms with Gasteiger partial charge in [0.1, 0.15) is 5.82 Å². The van der Waals surface area contributed by atoms with Crippen molar-refractivity contribution in [1.82, 2.24) is 9.55 Å². The van der Waals surface area contributed by atoms with E-state index in [1.54, 1.807) is 13.3 Å². The van der Waals surface area contributed by atoms with Crippen LogP contribution in [-0.4, -0.2) is 16.7 Å². The van der Waals surface area contributed by atoms with E-state index in [0.717, 1.165) is 17.4 Å². The van der Waals surface area contributed by atoms with Crippen LogP contribution < -0.4 is 4.74 Å². The molecule has 0 N–H and O–H groups in total. The number of rotatable bonds is 4. The molecule has 0 radical (unpaired) electrons. The third-order valence-corrected chi connectivity index (χ3v) is 3.35. The van der Waals surface area contributed by atoms with Gasteiger partial charge in [0, 0.05) is 11.8 Å². The van der Waals surface area contributed by atoms with Crippen molar-refractivity contribution >= 4 is 10.8 Å². The number of allylic oxidation sites excluding steroid dienone is 1. The lowest BCUT2D eigenvalue weighted by Crippen LogP contribution is -2.03. The van der Waals surface area contributed by atoms with Gasteiger partial charge in [-0.2, -0.15) is 0 Å². The Balaban J connectivity index is 2.30. The largest absolute Gasteiger partial charge is 0.481 e. The van der Waals surface area contributed by atoms with Gasteiger partial charge in [-0.1, -0.05) is 42.5 Å². The standard InChI is InChI=1S/C17H16N2O/c1-3-7-16-18-12-17(20-2)19(16)15-11-6-9-13-8-4-5-10-14(13)15/h3-6,8-12H,1,7H2,2H3. The summed E-state index contributed by atoms with van der Waals surface area (Å²) in [4.78, 5) is 4.43. The molecule has 2 aromatic carbocycles. The first kappa shape index (κ1) is 12.5. The van der Waals surface area contributed by atoms with E-state index in [-0.39, 0.29) is 0 Å². The van der Waals surface area contributed by atoms with Crippen LogP contribution >= 0.6 is 0 Å². The molecule has 0 amide bonds. The van der Waals surface area contributed by atoms with Gasteiger partial charge in [-0.15, -0.1) is 6.58 Å². The summed E-state index contributed by atoms with van der Waals surface area (Å²) in [7, 11) is 1.66. The van der Waals surface area contributed by atoms with Crippen LogP contribution in [0.25, 0.3) is 16.5 Å². The van der Waals surface area contributed by atoms with Gasteiger partial charge in [-0.25, -0.2) is 4.98 Å². The lowest BCUT2D eigenvalue weighted by Gasteiger charge is -2.13. The van der Waals surface area contributed by atoms with E-state index in [0.29, 0.717) is 6.42 Å². The lowest BCUT2D eigenvalue weighted by atomic mass is 10.1. The van der Waals surface area contributed by atoms with E-state index in [2.05, 4.69) is 41.9 Å². The maximum atomic E-state index is 5.44. The van der Waals surface area contributed by atoms with Crippen LogP contribution in [0.1, 0.15) is 5.82 Å². The van der Waals surface area contributed by atoms with Crippen LogP contribution in [0.4, 0.5) is 0 Å². The zero-order valence-corrected chi connectivity index (χ0v) is 11.4. The van der Waals surface area contributed by atoms with Crippen LogP contribution in [0, 0.1) is 0 Å². The molecule has 3 aromatic rings. The second-order valence-electron chi connectivity index (χ2n) is 4.54. The van der Waals surface area contributed by atoms with Gasteiger partial charge in [0.25, 0.3) is 0 Å². The van der Waals surface area contributed by atoms with Gasteiger partial charge in [-0.05, 0) is 11.5 Å². The second-order valence-corrected chi connectivity index (χ2v) is 4.54. The van der Waals surface area contributed by atoms with Crippen molar-refractivity contribution in [2.75, 3.05) is 7.11 Å². The number of aromatic nitrogens is 2. The summed E-state index contributed by atoms with van der Waals surface area (Å²) >= 11 is 0. The predicted molar refractivity (Wildman–Crippen MR) is 81.5 cm³/mol. The number of imidazole rings is 1. The maximum absolute atomic E-state index is 5.44. The summed E-state index contributed by atoms with van der Waals surface area (Å²) in [6, 6.07) is 14.5. The Bertz CT molecular complexity index is 753. The SMILES string of the molecule is C=CCc1ncc(OC)n1-c1cccc2ccccc12. The second kappa shape index (κ2) is 5.21. The Morgan fingerprint density at radius 1 is 1.20 bits per heavy atom. The molecule has 1 aromatic heterocycles. The monoisotopic (exact) mass is 264 g/mol. The maximum Gasteiger partial charge on any atom is 0.218 e. The Hall–Kier alpha value is -2.55. The summed E-state index contributed by atoms with van der Waals surface area (Å²) in [6.07, 6.45) is 4.30. The molecule has 3 nitrogen and oxygen atoms in total. The third-order valence-electron chi connectivity index (χ3n) is 3.35. The predicted octanol–water partition coefficient (Wildman–Crippen LogP) is 3.76. The Labute approximate surface area is 118 Å². The number of nitrogens with zero attached hydrogens (tertiary/aromatic N) is 2. The molecular formula is C17H16N2O. The molecule has 0 bridgehead atoms. The smallest absolute Gasteiger partial charge is 0.218 e. The molecule has 0 fully saturated rings. The number of hydrogen-bond donors (Lipinski definition) is 0. The fraction of sp³-hybridized carbons (Fsp3) is 0.118. The molecule has 0 aliphatic heterocycles. The highest BCUT2D eigenvalue weighted by Crippen LogP contribution is 2.28. The topological polar surface area (TPSA) is 27.1 Å². The number of hydrogen-bond acceptors (Lipinski definition) is 2. The quantitative estimate of drug-likeness (QED) is 0.671. The first-order valence-electron chi connectivity index (χ1n) is 6.55. The number of benzene rings is 2. The van der Waals surface area contributed by atoms with Crippen molar-refractivity contribution < 1.29 is 4.74 Å². The van der Waals surface area contributed by atoms with E-state index in [1.165, 1.54) is 10.8 Å². The molecule has 0 saturated carbocycles. The number of methoxy groups -OCH3 is 1.